The van der Waals surface area contributed by atoms with E-state index in [2.05, 4.69) is 29.8 Å². The predicted molar refractivity (Wildman–Crippen MR) is 97.6 cm³/mol. The Labute approximate surface area is 154 Å². The number of nitrogens with one attached hydrogen (secondary N) is 1. The molecule has 8 nitrogen and oxygen atoms in total. The fourth-order valence-electron chi connectivity index (χ4n) is 3.78. The van der Waals surface area contributed by atoms with Crippen LogP contribution in [0.2, 0.25) is 5.02 Å². The van der Waals surface area contributed by atoms with Crippen LogP contribution in [0.3, 0.4) is 0 Å². The number of halogens is 1. The van der Waals surface area contributed by atoms with Gasteiger partial charge in [0.1, 0.15) is 17.8 Å². The number of piperidine rings is 1. The van der Waals surface area contributed by atoms with Crippen molar-refractivity contribution < 1.29 is 4.74 Å². The fraction of sp³-hybridized carbons (Fsp3) is 0.412. The second-order valence-electron chi connectivity index (χ2n) is 6.81. The lowest BCUT2D eigenvalue weighted by atomic mass is 10.2. The van der Waals surface area contributed by atoms with Crippen molar-refractivity contribution in [3.63, 3.8) is 0 Å². The Balaban J connectivity index is 1.59. The van der Waals surface area contributed by atoms with Crippen molar-refractivity contribution in [2.24, 2.45) is 17.6 Å². The van der Waals surface area contributed by atoms with Crippen LogP contribution in [0.1, 0.15) is 12.6 Å². The molecular formula is C17H18ClN7O. The van der Waals surface area contributed by atoms with Gasteiger partial charge in [0.15, 0.2) is 5.75 Å². The molecule has 5 rings (SSSR count). The molecule has 1 aliphatic carbocycles. The molecule has 0 amide bonds. The van der Waals surface area contributed by atoms with Gasteiger partial charge in [-0.1, -0.05) is 18.5 Å². The summed E-state index contributed by atoms with van der Waals surface area (Å²) in [6.45, 7) is 3.82. The maximum absolute atomic E-state index is 6.61. The SMILES string of the molecule is CCc1[nH]c2nc(Oc3cncnc3)nc(N3C[C@@H]4C(N)[C@@H]4C3)c2c1Cl. The lowest BCUT2D eigenvalue weighted by Gasteiger charge is -2.21. The van der Waals surface area contributed by atoms with Crippen LogP contribution in [0.5, 0.6) is 11.8 Å². The number of aryl methyl sites for hydroxylation is 1. The first kappa shape index (κ1) is 15.8. The van der Waals surface area contributed by atoms with Crippen molar-refractivity contribution in [2.75, 3.05) is 18.0 Å². The first-order valence-corrected chi connectivity index (χ1v) is 9.05. The first-order valence-electron chi connectivity index (χ1n) is 8.67. The molecule has 1 saturated carbocycles. The summed E-state index contributed by atoms with van der Waals surface area (Å²) in [4.78, 5) is 22.6. The van der Waals surface area contributed by atoms with Gasteiger partial charge in [-0.25, -0.2) is 9.97 Å². The second kappa shape index (κ2) is 5.78. The Morgan fingerprint density at radius 3 is 2.69 bits per heavy atom. The number of aromatic amines is 1. The van der Waals surface area contributed by atoms with Crippen LogP contribution in [0.4, 0.5) is 5.82 Å². The molecule has 9 heteroatoms. The van der Waals surface area contributed by atoms with Gasteiger partial charge < -0.3 is 20.4 Å². The van der Waals surface area contributed by atoms with Crippen molar-refractivity contribution in [3.8, 4) is 11.8 Å². The summed E-state index contributed by atoms with van der Waals surface area (Å²) in [5.41, 5.74) is 7.70. The summed E-state index contributed by atoms with van der Waals surface area (Å²) >= 11 is 6.61. The molecule has 4 heterocycles. The van der Waals surface area contributed by atoms with Gasteiger partial charge in [-0.15, -0.1) is 0 Å². The Bertz CT molecular complexity index is 964. The van der Waals surface area contributed by atoms with E-state index in [1.807, 2.05) is 6.92 Å². The number of rotatable bonds is 4. The number of hydrogen-bond donors (Lipinski definition) is 2. The van der Waals surface area contributed by atoms with E-state index in [1.54, 1.807) is 12.4 Å². The molecule has 2 fully saturated rings. The Morgan fingerprint density at radius 1 is 1.27 bits per heavy atom. The molecule has 1 saturated heterocycles. The zero-order chi connectivity index (χ0) is 17.8. The van der Waals surface area contributed by atoms with Gasteiger partial charge >= 0.3 is 6.01 Å². The quantitative estimate of drug-likeness (QED) is 0.723. The van der Waals surface area contributed by atoms with Gasteiger partial charge in [0.25, 0.3) is 0 Å². The van der Waals surface area contributed by atoms with Crippen molar-refractivity contribution in [1.82, 2.24) is 24.9 Å². The maximum atomic E-state index is 6.61. The third kappa shape index (κ3) is 2.40. The summed E-state index contributed by atoms with van der Waals surface area (Å²) in [6, 6.07) is 0.557. The van der Waals surface area contributed by atoms with Gasteiger partial charge in [0, 0.05) is 24.8 Å². The highest BCUT2D eigenvalue weighted by atomic mass is 35.5. The molecule has 1 aliphatic heterocycles. The highest BCUT2D eigenvalue weighted by molar-refractivity contribution is 6.37. The highest BCUT2D eigenvalue weighted by Gasteiger charge is 2.54. The lowest BCUT2D eigenvalue weighted by Crippen LogP contribution is -2.29. The Kier molecular flexibility index (Phi) is 3.51. The topological polar surface area (TPSA) is 106 Å². The fourth-order valence-corrected chi connectivity index (χ4v) is 4.13. The number of H-pyrrole nitrogens is 1. The zero-order valence-corrected chi connectivity index (χ0v) is 14.9. The van der Waals surface area contributed by atoms with E-state index in [0.29, 0.717) is 34.3 Å². The van der Waals surface area contributed by atoms with Gasteiger partial charge in [-0.3, -0.25) is 0 Å². The van der Waals surface area contributed by atoms with E-state index >= 15 is 0 Å². The standard InChI is InChI=1S/C17H18ClN7O/c1-2-11-13(18)12-15(22-11)23-17(26-8-3-20-7-21-4-8)24-16(12)25-5-9-10(6-25)14(9)19/h3-4,7,9-10,14H,2,5-6,19H2,1H3,(H,22,23,24)/t9-,10+,14?. The van der Waals surface area contributed by atoms with Crippen LogP contribution in [0.15, 0.2) is 18.7 Å². The van der Waals surface area contributed by atoms with Crippen LogP contribution < -0.4 is 15.4 Å². The van der Waals surface area contributed by atoms with E-state index in [-0.39, 0.29) is 6.01 Å². The van der Waals surface area contributed by atoms with Crippen molar-refractivity contribution in [3.05, 3.63) is 29.4 Å². The number of nitrogens with zero attached hydrogens (tertiary/aromatic N) is 5. The minimum atomic E-state index is 0.243. The monoisotopic (exact) mass is 371 g/mol. The van der Waals surface area contributed by atoms with E-state index in [1.165, 1.54) is 6.33 Å². The van der Waals surface area contributed by atoms with Gasteiger partial charge in [0.2, 0.25) is 0 Å². The molecule has 2 aliphatic rings. The molecule has 3 N–H and O–H groups in total. The van der Waals surface area contributed by atoms with E-state index in [9.17, 15) is 0 Å². The third-order valence-corrected chi connectivity index (χ3v) is 5.70. The molecule has 26 heavy (non-hydrogen) atoms. The molecule has 3 atom stereocenters. The average Bonchev–Trinajstić information content (AvgIpc) is 3.02. The Hall–Kier alpha value is -2.45. The number of ether oxygens (including phenoxy) is 1. The Morgan fingerprint density at radius 2 is 2.00 bits per heavy atom. The van der Waals surface area contributed by atoms with Gasteiger partial charge in [-0.2, -0.15) is 9.97 Å². The summed E-state index contributed by atoms with van der Waals surface area (Å²) in [5, 5.41) is 1.52. The van der Waals surface area contributed by atoms with Crippen LogP contribution in [0, 0.1) is 11.8 Å². The van der Waals surface area contributed by atoms with E-state index < -0.39 is 0 Å². The van der Waals surface area contributed by atoms with Crippen LogP contribution >= 0.6 is 11.6 Å². The van der Waals surface area contributed by atoms with E-state index in [4.69, 9.17) is 22.1 Å². The minimum Gasteiger partial charge on any atom is -0.421 e. The molecule has 0 aromatic carbocycles. The summed E-state index contributed by atoms with van der Waals surface area (Å²) in [6.07, 6.45) is 5.38. The molecule has 3 aromatic rings. The second-order valence-corrected chi connectivity index (χ2v) is 7.19. The number of aromatic nitrogens is 5. The predicted octanol–water partition coefficient (Wildman–Crippen LogP) is 2.15. The minimum absolute atomic E-state index is 0.243. The number of hydrogen-bond acceptors (Lipinski definition) is 7. The lowest BCUT2D eigenvalue weighted by molar-refractivity contribution is 0.439. The summed E-state index contributed by atoms with van der Waals surface area (Å²) in [5.74, 6) is 2.35. The van der Waals surface area contributed by atoms with Crippen LogP contribution in [-0.2, 0) is 6.42 Å². The average molecular weight is 372 g/mol. The molecular weight excluding hydrogens is 354 g/mol. The highest BCUT2D eigenvalue weighted by Crippen LogP contribution is 2.47. The molecule has 3 aromatic heterocycles. The van der Waals surface area contributed by atoms with Gasteiger partial charge in [0.05, 0.1) is 22.8 Å². The summed E-state index contributed by atoms with van der Waals surface area (Å²) in [7, 11) is 0. The van der Waals surface area contributed by atoms with Gasteiger partial charge in [-0.05, 0) is 18.3 Å². The number of anilines is 1. The van der Waals surface area contributed by atoms with Crippen molar-refractivity contribution >= 4 is 28.5 Å². The summed E-state index contributed by atoms with van der Waals surface area (Å²) < 4.78 is 5.77. The molecule has 1 unspecified atom stereocenters. The maximum Gasteiger partial charge on any atom is 0.326 e. The molecule has 0 bridgehead atoms. The zero-order valence-electron chi connectivity index (χ0n) is 14.2. The smallest absolute Gasteiger partial charge is 0.326 e. The number of nitrogens with two attached hydrogens (primary N) is 1. The molecule has 0 spiro atoms. The van der Waals surface area contributed by atoms with Crippen molar-refractivity contribution in [2.45, 2.75) is 19.4 Å². The number of fused-ring (bicyclic) bond motifs is 2. The largest absolute Gasteiger partial charge is 0.421 e. The first-order chi connectivity index (χ1) is 12.7. The van der Waals surface area contributed by atoms with Crippen molar-refractivity contribution in [1.29, 1.82) is 0 Å². The van der Waals surface area contributed by atoms with Crippen LogP contribution in [0.25, 0.3) is 11.0 Å². The molecule has 134 valence electrons. The third-order valence-electron chi connectivity index (χ3n) is 5.28. The van der Waals surface area contributed by atoms with E-state index in [0.717, 1.165) is 36.4 Å². The van der Waals surface area contributed by atoms with Crippen LogP contribution in [-0.4, -0.2) is 44.1 Å². The normalized spacial score (nSPS) is 24.1. The molecule has 0 radical (unpaired) electrons.